The van der Waals surface area contributed by atoms with E-state index in [0.717, 1.165) is 0 Å². The number of imide groups is 1. The van der Waals surface area contributed by atoms with Gasteiger partial charge < -0.3 is 0 Å². The van der Waals surface area contributed by atoms with Crippen LogP contribution in [-0.2, 0) is 9.59 Å². The summed E-state index contributed by atoms with van der Waals surface area (Å²) in [7, 11) is 0. The molecule has 14 heavy (non-hydrogen) atoms. The summed E-state index contributed by atoms with van der Waals surface area (Å²) in [5.41, 5.74) is 0. The van der Waals surface area contributed by atoms with Crippen molar-refractivity contribution in [3.63, 3.8) is 0 Å². The van der Waals surface area contributed by atoms with Crippen LogP contribution >= 0.6 is 0 Å². The highest BCUT2D eigenvalue weighted by Crippen LogP contribution is 2.48. The molecule has 1 heterocycles. The Balaban J connectivity index is 3.31. The van der Waals surface area contributed by atoms with E-state index in [9.17, 15) is 35.9 Å². The first-order valence-corrected chi connectivity index (χ1v) is 3.04. The highest BCUT2D eigenvalue weighted by Gasteiger charge is 2.81. The van der Waals surface area contributed by atoms with Crippen molar-refractivity contribution in [2.24, 2.45) is 0 Å². The van der Waals surface area contributed by atoms with Crippen molar-refractivity contribution in [1.82, 2.24) is 5.32 Å². The van der Waals surface area contributed by atoms with E-state index in [1.54, 1.807) is 0 Å². The van der Waals surface area contributed by atoms with Gasteiger partial charge in [0.2, 0.25) is 0 Å². The highest BCUT2D eigenvalue weighted by atomic mass is 19.3. The Hall–Kier alpha value is -1.28. The number of hydrogen-bond acceptors (Lipinski definition) is 2. The van der Waals surface area contributed by atoms with Crippen LogP contribution in [0.5, 0.6) is 0 Å². The molecule has 1 saturated heterocycles. The third kappa shape index (κ3) is 0.946. The molecule has 1 N–H and O–H groups in total. The average Bonchev–Trinajstić information content (AvgIpc) is 2.01. The van der Waals surface area contributed by atoms with Crippen molar-refractivity contribution < 1.29 is 35.9 Å². The molecule has 1 rings (SSSR count). The van der Waals surface area contributed by atoms with E-state index >= 15 is 0 Å². The molecule has 1 aliphatic rings. The monoisotopic (exact) mass is 221 g/mol. The first-order chi connectivity index (χ1) is 6.05. The fraction of sp³-hybridized carbons (Fsp3) is 0.600. The minimum Gasteiger partial charge on any atom is -0.285 e. The number of carbonyl (C=O) groups excluding carboxylic acids is 2. The Labute approximate surface area is 72.1 Å². The van der Waals surface area contributed by atoms with Gasteiger partial charge in [0.15, 0.2) is 0 Å². The van der Waals surface area contributed by atoms with Crippen molar-refractivity contribution >= 4 is 11.8 Å². The summed E-state index contributed by atoms with van der Waals surface area (Å²) in [4.78, 5) is 20.3. The van der Waals surface area contributed by atoms with Crippen molar-refractivity contribution in [3.05, 3.63) is 0 Å². The fourth-order valence-electron chi connectivity index (χ4n) is 0.742. The summed E-state index contributed by atoms with van der Waals surface area (Å²) < 4.78 is 73.6. The van der Waals surface area contributed by atoms with E-state index in [2.05, 4.69) is 0 Å². The zero-order chi connectivity index (χ0) is 11.4. The number of alkyl halides is 6. The maximum atomic E-state index is 12.3. The number of hydrogen-bond donors (Lipinski definition) is 1. The number of rotatable bonds is 0. The molecule has 2 amide bonds. The zero-order valence-electron chi connectivity index (χ0n) is 6.08. The molecular formula is C5HF6NO2. The number of nitrogens with one attached hydrogen (secondary N) is 1. The first-order valence-electron chi connectivity index (χ1n) is 3.04. The molecule has 0 bridgehead atoms. The van der Waals surface area contributed by atoms with Crippen LogP contribution < -0.4 is 5.32 Å². The van der Waals surface area contributed by atoms with Crippen molar-refractivity contribution in [2.45, 2.75) is 17.8 Å². The summed E-state index contributed by atoms with van der Waals surface area (Å²) >= 11 is 0. The normalized spacial score (nSPS) is 28.4. The topological polar surface area (TPSA) is 46.2 Å². The van der Waals surface area contributed by atoms with Crippen molar-refractivity contribution in [3.8, 4) is 0 Å². The molecule has 0 saturated carbocycles. The largest absolute Gasteiger partial charge is 0.393 e. The van der Waals surface area contributed by atoms with Crippen LogP contribution in [0, 0.1) is 0 Å². The van der Waals surface area contributed by atoms with E-state index in [0.29, 0.717) is 5.32 Å². The Kier molecular flexibility index (Phi) is 1.85. The molecule has 1 aliphatic heterocycles. The summed E-state index contributed by atoms with van der Waals surface area (Å²) in [6.45, 7) is 0. The molecule has 0 aromatic heterocycles. The number of piperidine rings is 1. The molecule has 0 aliphatic carbocycles. The van der Waals surface area contributed by atoms with E-state index in [4.69, 9.17) is 0 Å². The van der Waals surface area contributed by atoms with Gasteiger partial charge in [0, 0.05) is 0 Å². The van der Waals surface area contributed by atoms with Crippen LogP contribution in [0.1, 0.15) is 0 Å². The van der Waals surface area contributed by atoms with Gasteiger partial charge in [0.05, 0.1) is 0 Å². The van der Waals surface area contributed by atoms with Gasteiger partial charge in [0.1, 0.15) is 0 Å². The molecule has 0 aromatic rings. The van der Waals surface area contributed by atoms with E-state index in [1.165, 1.54) is 0 Å². The maximum absolute atomic E-state index is 12.3. The number of carbonyl (C=O) groups is 2. The molecule has 0 unspecified atom stereocenters. The number of halogens is 6. The van der Waals surface area contributed by atoms with Crippen LogP contribution in [0.25, 0.3) is 0 Å². The quantitative estimate of drug-likeness (QED) is 0.479. The molecule has 0 spiro atoms. The van der Waals surface area contributed by atoms with Gasteiger partial charge in [-0.3, -0.25) is 14.9 Å². The third-order valence-electron chi connectivity index (χ3n) is 1.59. The summed E-state index contributed by atoms with van der Waals surface area (Å²) in [5.74, 6) is -22.7. The molecule has 0 aromatic carbocycles. The van der Waals surface area contributed by atoms with E-state index in [1.807, 2.05) is 0 Å². The smallest absolute Gasteiger partial charge is 0.285 e. The molecule has 0 radical (unpaired) electrons. The van der Waals surface area contributed by atoms with Crippen LogP contribution in [0.4, 0.5) is 26.3 Å². The predicted molar refractivity (Wildman–Crippen MR) is 28.0 cm³/mol. The SMILES string of the molecule is O=C1NC(=O)C(F)(F)C(F)(F)C1(F)F. The molecule has 9 heteroatoms. The standard InChI is InChI=1S/C5HF6NO2/c6-3(7)1(13)12-2(14)4(8,9)5(3,10)11/h(H,12,13,14). The Bertz CT molecular complexity index is 283. The lowest BCUT2D eigenvalue weighted by atomic mass is 9.99. The van der Waals surface area contributed by atoms with Gasteiger partial charge in [-0.15, -0.1) is 0 Å². The van der Waals surface area contributed by atoms with Crippen LogP contribution in [-0.4, -0.2) is 29.6 Å². The minimum atomic E-state index is -6.01. The van der Waals surface area contributed by atoms with Gasteiger partial charge >= 0.3 is 29.6 Å². The molecule has 80 valence electrons. The summed E-state index contributed by atoms with van der Waals surface area (Å²) in [5, 5.41) is 0.458. The fourth-order valence-corrected chi connectivity index (χ4v) is 0.742. The second-order valence-corrected chi connectivity index (χ2v) is 2.51. The predicted octanol–water partition coefficient (Wildman–Crippen LogP) is 0.549. The minimum absolute atomic E-state index is 0.458. The van der Waals surface area contributed by atoms with Crippen LogP contribution in [0.2, 0.25) is 0 Å². The van der Waals surface area contributed by atoms with Gasteiger partial charge in [-0.25, -0.2) is 0 Å². The maximum Gasteiger partial charge on any atom is 0.393 e. The Morgan fingerprint density at radius 1 is 0.786 bits per heavy atom. The Morgan fingerprint density at radius 3 is 1.36 bits per heavy atom. The van der Waals surface area contributed by atoms with Crippen molar-refractivity contribution in [1.29, 1.82) is 0 Å². The van der Waals surface area contributed by atoms with Gasteiger partial charge in [-0.2, -0.15) is 26.3 Å². The van der Waals surface area contributed by atoms with Crippen LogP contribution in [0.15, 0.2) is 0 Å². The lowest BCUT2D eigenvalue weighted by Crippen LogP contribution is -2.71. The molecule has 0 atom stereocenters. The highest BCUT2D eigenvalue weighted by molar-refractivity contribution is 6.06. The zero-order valence-corrected chi connectivity index (χ0v) is 6.08. The Morgan fingerprint density at radius 2 is 1.07 bits per heavy atom. The van der Waals surface area contributed by atoms with Gasteiger partial charge in [0.25, 0.3) is 0 Å². The lowest BCUT2D eigenvalue weighted by molar-refractivity contribution is -0.295. The summed E-state index contributed by atoms with van der Waals surface area (Å²) in [6, 6.07) is 0. The molecular weight excluding hydrogens is 220 g/mol. The van der Waals surface area contributed by atoms with E-state index < -0.39 is 29.6 Å². The van der Waals surface area contributed by atoms with Gasteiger partial charge in [-0.05, 0) is 0 Å². The summed E-state index contributed by atoms with van der Waals surface area (Å²) in [6.07, 6.45) is 0. The van der Waals surface area contributed by atoms with E-state index in [-0.39, 0.29) is 0 Å². The average molecular weight is 221 g/mol. The second-order valence-electron chi connectivity index (χ2n) is 2.51. The number of amides is 2. The molecule has 1 fully saturated rings. The van der Waals surface area contributed by atoms with Crippen LogP contribution in [0.3, 0.4) is 0 Å². The lowest BCUT2D eigenvalue weighted by Gasteiger charge is -2.34. The third-order valence-corrected chi connectivity index (χ3v) is 1.59. The first kappa shape index (κ1) is 10.8. The molecule has 3 nitrogen and oxygen atoms in total. The van der Waals surface area contributed by atoms with Crippen molar-refractivity contribution in [2.75, 3.05) is 0 Å². The van der Waals surface area contributed by atoms with Gasteiger partial charge in [-0.1, -0.05) is 0 Å². The second kappa shape index (κ2) is 2.39.